The van der Waals surface area contributed by atoms with Gasteiger partial charge in [-0.05, 0) is 12.8 Å². The molecule has 0 radical (unpaired) electrons. The average molecular weight is 191 g/mol. The zero-order valence-corrected chi connectivity index (χ0v) is 6.96. The maximum Gasteiger partial charge on any atom is 0.321 e. The summed E-state index contributed by atoms with van der Waals surface area (Å²) in [6, 6.07) is -1.37. The molecular formula is C8H11F2NO2. The Morgan fingerprint density at radius 1 is 1.46 bits per heavy atom. The second-order valence-electron chi connectivity index (χ2n) is 3.83. The molecule has 1 saturated carbocycles. The molecule has 0 aromatic rings. The fourth-order valence-electron chi connectivity index (χ4n) is 2.34. The summed E-state index contributed by atoms with van der Waals surface area (Å²) in [6.45, 7) is 0. The molecule has 2 saturated heterocycles. The van der Waals surface area contributed by atoms with Crippen LogP contribution < -0.4 is 5.32 Å². The van der Waals surface area contributed by atoms with Gasteiger partial charge in [-0.1, -0.05) is 0 Å². The molecular weight excluding hydrogens is 180 g/mol. The van der Waals surface area contributed by atoms with Gasteiger partial charge >= 0.3 is 5.97 Å². The van der Waals surface area contributed by atoms with Gasteiger partial charge in [-0.25, -0.2) is 8.78 Å². The van der Waals surface area contributed by atoms with Gasteiger partial charge in [-0.2, -0.15) is 0 Å². The minimum atomic E-state index is -2.79. The molecule has 0 aromatic heterocycles. The minimum absolute atomic E-state index is 0.207. The smallest absolute Gasteiger partial charge is 0.321 e. The van der Waals surface area contributed by atoms with Gasteiger partial charge in [0.15, 0.2) is 0 Å². The second kappa shape index (κ2) is 2.64. The van der Waals surface area contributed by atoms with E-state index in [4.69, 9.17) is 5.11 Å². The Balaban J connectivity index is 2.22. The highest BCUT2D eigenvalue weighted by Gasteiger charge is 2.55. The lowest BCUT2D eigenvalue weighted by atomic mass is 9.73. The van der Waals surface area contributed by atoms with E-state index in [0.717, 1.165) is 0 Å². The molecule has 1 aliphatic carbocycles. The molecule has 3 atom stereocenters. The highest BCUT2D eigenvalue weighted by molar-refractivity contribution is 5.74. The summed E-state index contributed by atoms with van der Waals surface area (Å²) in [4.78, 5) is 10.6. The fraction of sp³-hybridized carbons (Fsp3) is 0.875. The first-order valence-electron chi connectivity index (χ1n) is 4.37. The van der Waals surface area contributed by atoms with Gasteiger partial charge in [0.1, 0.15) is 6.04 Å². The molecule has 2 aliphatic heterocycles. The first kappa shape index (κ1) is 8.87. The highest BCUT2D eigenvalue weighted by Crippen LogP contribution is 2.44. The standard InChI is InChI=1S/C8H11F2NO2/c9-8(10)3-4-1-2-5(8)6(11-4)7(12)13/h4-6,11H,1-3H2,(H,12,13)/t4-,5+,6-/m0/s1. The summed E-state index contributed by atoms with van der Waals surface area (Å²) in [5, 5.41) is 11.4. The van der Waals surface area contributed by atoms with E-state index in [1.54, 1.807) is 0 Å². The second-order valence-corrected chi connectivity index (χ2v) is 3.83. The topological polar surface area (TPSA) is 49.3 Å². The van der Waals surface area contributed by atoms with Crippen LogP contribution in [0.3, 0.4) is 0 Å². The number of hydrogen-bond acceptors (Lipinski definition) is 2. The van der Waals surface area contributed by atoms with Gasteiger partial charge < -0.3 is 10.4 Å². The molecule has 0 unspecified atom stereocenters. The van der Waals surface area contributed by atoms with E-state index in [0.29, 0.717) is 12.8 Å². The van der Waals surface area contributed by atoms with Gasteiger partial charge in [0, 0.05) is 18.4 Å². The number of carboxylic acids is 1. The molecule has 0 amide bonds. The van der Waals surface area contributed by atoms with Crippen molar-refractivity contribution in [1.82, 2.24) is 5.32 Å². The van der Waals surface area contributed by atoms with Crippen LogP contribution in [-0.4, -0.2) is 29.1 Å². The van der Waals surface area contributed by atoms with Crippen LogP contribution in [0.15, 0.2) is 0 Å². The van der Waals surface area contributed by atoms with Crippen molar-refractivity contribution in [2.45, 2.75) is 37.3 Å². The predicted octanol–water partition coefficient (Wildman–Crippen LogP) is 0.847. The third-order valence-electron chi connectivity index (χ3n) is 2.97. The predicted molar refractivity (Wildman–Crippen MR) is 40.6 cm³/mol. The van der Waals surface area contributed by atoms with Gasteiger partial charge in [0.2, 0.25) is 0 Å². The third-order valence-corrected chi connectivity index (χ3v) is 2.97. The molecule has 0 spiro atoms. The minimum Gasteiger partial charge on any atom is -0.480 e. The number of alkyl halides is 2. The quantitative estimate of drug-likeness (QED) is 0.646. The monoisotopic (exact) mass is 191 g/mol. The number of hydrogen-bond donors (Lipinski definition) is 2. The summed E-state index contributed by atoms with van der Waals surface area (Å²) in [6.07, 6.45) is 0.785. The maximum absolute atomic E-state index is 13.2. The number of aliphatic carboxylic acids is 1. The number of halogens is 2. The van der Waals surface area contributed by atoms with Gasteiger partial charge in [-0.3, -0.25) is 4.79 Å². The van der Waals surface area contributed by atoms with E-state index in [9.17, 15) is 13.6 Å². The molecule has 3 rings (SSSR count). The first-order valence-corrected chi connectivity index (χ1v) is 4.37. The molecule has 0 aromatic carbocycles. The number of rotatable bonds is 1. The molecule has 2 N–H and O–H groups in total. The van der Waals surface area contributed by atoms with Crippen LogP contribution >= 0.6 is 0 Å². The van der Waals surface area contributed by atoms with Crippen molar-refractivity contribution in [2.24, 2.45) is 5.92 Å². The Labute approximate surface area is 74.1 Å². The summed E-state index contributed by atoms with van der Waals surface area (Å²) in [5.41, 5.74) is 0. The lowest BCUT2D eigenvalue weighted by Gasteiger charge is -2.46. The Bertz CT molecular complexity index is 244. The van der Waals surface area contributed by atoms with Crippen LogP contribution in [0.2, 0.25) is 0 Å². The zero-order chi connectivity index (χ0) is 9.64. The molecule has 2 heterocycles. The SMILES string of the molecule is O=C(O)[C@H]1N[C@H]2CC[C@H]1C(F)(F)C2. The van der Waals surface area contributed by atoms with E-state index in [-0.39, 0.29) is 12.5 Å². The summed E-state index contributed by atoms with van der Waals surface area (Å²) < 4.78 is 26.4. The Hall–Kier alpha value is -0.710. The molecule has 5 heteroatoms. The van der Waals surface area contributed by atoms with E-state index < -0.39 is 23.9 Å². The number of carbonyl (C=O) groups is 1. The van der Waals surface area contributed by atoms with E-state index >= 15 is 0 Å². The lowest BCUT2D eigenvalue weighted by Crippen LogP contribution is -2.63. The van der Waals surface area contributed by atoms with Crippen LogP contribution in [0.25, 0.3) is 0 Å². The van der Waals surface area contributed by atoms with E-state index in [1.807, 2.05) is 0 Å². The molecule has 3 nitrogen and oxygen atoms in total. The largest absolute Gasteiger partial charge is 0.480 e. The third kappa shape index (κ3) is 1.31. The van der Waals surface area contributed by atoms with Crippen LogP contribution in [-0.2, 0) is 4.79 Å². The van der Waals surface area contributed by atoms with Crippen molar-refractivity contribution >= 4 is 5.97 Å². The van der Waals surface area contributed by atoms with Gasteiger partial charge in [-0.15, -0.1) is 0 Å². The van der Waals surface area contributed by atoms with Crippen molar-refractivity contribution < 1.29 is 18.7 Å². The Morgan fingerprint density at radius 2 is 2.15 bits per heavy atom. The molecule has 74 valence electrons. The molecule has 3 aliphatic rings. The normalized spacial score (nSPS) is 41.8. The summed E-state index contributed by atoms with van der Waals surface area (Å²) in [5.74, 6) is -4.97. The highest BCUT2D eigenvalue weighted by atomic mass is 19.3. The van der Waals surface area contributed by atoms with Crippen molar-refractivity contribution in [3.05, 3.63) is 0 Å². The van der Waals surface area contributed by atoms with Crippen LogP contribution in [0, 0.1) is 5.92 Å². The van der Waals surface area contributed by atoms with Crippen LogP contribution in [0.5, 0.6) is 0 Å². The van der Waals surface area contributed by atoms with Crippen molar-refractivity contribution in [3.63, 3.8) is 0 Å². The van der Waals surface area contributed by atoms with Gasteiger partial charge in [0.25, 0.3) is 5.92 Å². The zero-order valence-electron chi connectivity index (χ0n) is 6.96. The van der Waals surface area contributed by atoms with Crippen molar-refractivity contribution in [1.29, 1.82) is 0 Å². The van der Waals surface area contributed by atoms with Crippen molar-refractivity contribution in [3.8, 4) is 0 Å². The van der Waals surface area contributed by atoms with Gasteiger partial charge in [0.05, 0.1) is 0 Å². The van der Waals surface area contributed by atoms with Crippen molar-refractivity contribution in [2.75, 3.05) is 0 Å². The fourth-order valence-corrected chi connectivity index (χ4v) is 2.34. The molecule has 2 bridgehead atoms. The average Bonchev–Trinajstić information content (AvgIpc) is 2.02. The maximum atomic E-state index is 13.2. The van der Waals surface area contributed by atoms with E-state index in [1.165, 1.54) is 0 Å². The number of fused-ring (bicyclic) bond motifs is 3. The number of piperidine rings is 2. The Kier molecular flexibility index (Phi) is 1.80. The summed E-state index contributed by atoms with van der Waals surface area (Å²) in [7, 11) is 0. The first-order chi connectivity index (χ1) is 6.00. The summed E-state index contributed by atoms with van der Waals surface area (Å²) >= 11 is 0. The number of nitrogens with one attached hydrogen (secondary N) is 1. The lowest BCUT2D eigenvalue weighted by molar-refractivity contribution is -0.165. The molecule has 3 fully saturated rings. The van der Waals surface area contributed by atoms with E-state index in [2.05, 4.69) is 5.32 Å². The van der Waals surface area contributed by atoms with Crippen LogP contribution in [0.1, 0.15) is 19.3 Å². The molecule has 13 heavy (non-hydrogen) atoms. The Morgan fingerprint density at radius 3 is 2.54 bits per heavy atom. The number of carboxylic acid groups (broad SMARTS) is 1. The van der Waals surface area contributed by atoms with Crippen LogP contribution in [0.4, 0.5) is 8.78 Å².